The molecule has 8 heteroatoms. The Morgan fingerprint density at radius 2 is 1.91 bits per heavy atom. The first-order valence-corrected chi connectivity index (χ1v) is 11.6. The van der Waals surface area contributed by atoms with Crippen molar-refractivity contribution in [2.45, 2.75) is 19.8 Å². The minimum Gasteiger partial charge on any atom is -0.462 e. The van der Waals surface area contributed by atoms with E-state index < -0.39 is 11.1 Å². The Morgan fingerprint density at radius 1 is 1.12 bits per heavy atom. The van der Waals surface area contributed by atoms with E-state index in [4.69, 9.17) is 20.8 Å². The number of thioether (sulfide) groups is 1. The van der Waals surface area contributed by atoms with Gasteiger partial charge in [-0.15, -0.1) is 0 Å². The van der Waals surface area contributed by atoms with Crippen LogP contribution >= 0.6 is 23.4 Å². The van der Waals surface area contributed by atoms with Crippen molar-refractivity contribution in [2.75, 3.05) is 11.5 Å². The van der Waals surface area contributed by atoms with Gasteiger partial charge >= 0.3 is 5.97 Å². The molecule has 2 amide bonds. The standard InChI is InChI=1S/C25H20ClNO5S/c1-2-3-13-31-24(29)17-9-7-16(8-10-17)21-12-11-20(32-21)15-22-23(28)27(25(30)33-22)19-6-4-5-18(26)14-19/h4-12,14-15H,2-3,13H2,1H3/b22-15-. The van der Waals surface area contributed by atoms with Crippen LogP contribution in [0.2, 0.25) is 5.02 Å². The van der Waals surface area contributed by atoms with Crippen LogP contribution in [0.4, 0.5) is 10.5 Å². The van der Waals surface area contributed by atoms with E-state index in [9.17, 15) is 14.4 Å². The van der Waals surface area contributed by atoms with Crippen LogP contribution in [0, 0.1) is 0 Å². The molecule has 33 heavy (non-hydrogen) atoms. The zero-order valence-electron chi connectivity index (χ0n) is 17.7. The van der Waals surface area contributed by atoms with Crippen LogP contribution in [0.15, 0.2) is 70.0 Å². The quantitative estimate of drug-likeness (QED) is 0.210. The van der Waals surface area contributed by atoms with Crippen molar-refractivity contribution in [3.63, 3.8) is 0 Å². The molecule has 0 bridgehead atoms. The average molecular weight is 482 g/mol. The molecule has 0 radical (unpaired) electrons. The maximum absolute atomic E-state index is 12.8. The molecule has 1 saturated heterocycles. The van der Waals surface area contributed by atoms with Crippen molar-refractivity contribution in [3.8, 4) is 11.3 Å². The van der Waals surface area contributed by atoms with Gasteiger partial charge in [0.15, 0.2) is 0 Å². The van der Waals surface area contributed by atoms with Crippen molar-refractivity contribution >= 4 is 52.2 Å². The lowest BCUT2D eigenvalue weighted by atomic mass is 10.1. The van der Waals surface area contributed by atoms with Crippen molar-refractivity contribution in [1.29, 1.82) is 0 Å². The summed E-state index contributed by atoms with van der Waals surface area (Å²) in [7, 11) is 0. The summed E-state index contributed by atoms with van der Waals surface area (Å²) in [4.78, 5) is 38.6. The highest BCUT2D eigenvalue weighted by atomic mass is 35.5. The fraction of sp³-hybridized carbons (Fsp3) is 0.160. The van der Waals surface area contributed by atoms with Crippen LogP contribution in [-0.4, -0.2) is 23.7 Å². The lowest BCUT2D eigenvalue weighted by molar-refractivity contribution is -0.113. The third-order valence-corrected chi connectivity index (χ3v) is 6.00. The molecule has 1 aromatic heterocycles. The van der Waals surface area contributed by atoms with Gasteiger partial charge in [-0.1, -0.05) is 43.1 Å². The van der Waals surface area contributed by atoms with Crippen LogP contribution < -0.4 is 4.90 Å². The van der Waals surface area contributed by atoms with E-state index >= 15 is 0 Å². The molecule has 2 aromatic carbocycles. The number of anilines is 1. The van der Waals surface area contributed by atoms with Gasteiger partial charge in [0.2, 0.25) is 0 Å². The van der Waals surface area contributed by atoms with Crippen LogP contribution in [0.3, 0.4) is 0 Å². The minimum atomic E-state index is -0.434. The number of nitrogens with zero attached hydrogens (tertiary/aromatic N) is 1. The van der Waals surface area contributed by atoms with Gasteiger partial charge in [0.1, 0.15) is 11.5 Å². The number of carbonyl (C=O) groups excluding carboxylic acids is 3. The first-order valence-electron chi connectivity index (χ1n) is 10.4. The topological polar surface area (TPSA) is 76.8 Å². The molecule has 0 atom stereocenters. The normalized spacial score (nSPS) is 14.8. The van der Waals surface area contributed by atoms with Crippen LogP contribution in [0.5, 0.6) is 0 Å². The SMILES string of the molecule is CCCCOC(=O)c1ccc(-c2ccc(/C=C3\SC(=O)N(c4cccc(Cl)c4)C3=O)o2)cc1. The third kappa shape index (κ3) is 5.21. The van der Waals surface area contributed by atoms with E-state index in [1.165, 1.54) is 0 Å². The van der Waals surface area contributed by atoms with Gasteiger partial charge in [0, 0.05) is 16.7 Å². The molecule has 4 rings (SSSR count). The summed E-state index contributed by atoms with van der Waals surface area (Å²) in [5.74, 6) is 0.215. The van der Waals surface area contributed by atoms with Crippen LogP contribution in [0.1, 0.15) is 35.9 Å². The molecule has 168 valence electrons. The van der Waals surface area contributed by atoms with Crippen molar-refractivity contribution < 1.29 is 23.5 Å². The second kappa shape index (κ2) is 10.1. The number of benzene rings is 2. The molecule has 0 unspecified atom stereocenters. The molecule has 1 aliphatic heterocycles. The van der Waals surface area contributed by atoms with Gasteiger partial charge in [-0.05, 0) is 60.6 Å². The van der Waals surface area contributed by atoms with Crippen molar-refractivity contribution in [3.05, 3.63) is 81.9 Å². The Labute approximate surface area is 200 Å². The van der Waals surface area contributed by atoms with Gasteiger partial charge in [-0.3, -0.25) is 9.59 Å². The first-order chi connectivity index (χ1) is 16.0. The molecular weight excluding hydrogens is 462 g/mol. The van der Waals surface area contributed by atoms with E-state index in [0.717, 1.165) is 35.1 Å². The van der Waals surface area contributed by atoms with Crippen LogP contribution in [-0.2, 0) is 9.53 Å². The number of ether oxygens (including phenoxy) is 1. The second-order valence-corrected chi connectivity index (χ2v) is 8.70. The fourth-order valence-corrected chi connectivity index (χ4v) is 4.19. The van der Waals surface area contributed by atoms with Gasteiger partial charge in [0.05, 0.1) is 22.8 Å². The summed E-state index contributed by atoms with van der Waals surface area (Å²) in [6.07, 6.45) is 3.33. The summed E-state index contributed by atoms with van der Waals surface area (Å²) in [6, 6.07) is 17.0. The van der Waals surface area contributed by atoms with Crippen molar-refractivity contribution in [2.24, 2.45) is 0 Å². The summed E-state index contributed by atoms with van der Waals surface area (Å²) in [5, 5.41) is 0.0353. The highest BCUT2D eigenvalue weighted by molar-refractivity contribution is 8.19. The molecule has 1 aliphatic rings. The number of hydrogen-bond donors (Lipinski definition) is 0. The van der Waals surface area contributed by atoms with Crippen molar-refractivity contribution in [1.82, 2.24) is 0 Å². The first kappa shape index (κ1) is 22.9. The number of rotatable bonds is 7. The van der Waals surface area contributed by atoms with Gasteiger partial charge in [-0.25, -0.2) is 9.69 Å². The molecule has 6 nitrogen and oxygen atoms in total. The highest BCUT2D eigenvalue weighted by Gasteiger charge is 2.36. The Balaban J connectivity index is 1.48. The number of hydrogen-bond acceptors (Lipinski definition) is 6. The van der Waals surface area contributed by atoms with Gasteiger partial charge < -0.3 is 9.15 Å². The van der Waals surface area contributed by atoms with E-state index in [2.05, 4.69) is 0 Å². The summed E-state index contributed by atoms with van der Waals surface area (Å²) in [5.41, 5.74) is 1.66. The number of amides is 2. The van der Waals surface area contributed by atoms with Gasteiger partial charge in [-0.2, -0.15) is 0 Å². The molecule has 2 heterocycles. The Morgan fingerprint density at radius 3 is 2.64 bits per heavy atom. The van der Waals surface area contributed by atoms with E-state index in [-0.39, 0.29) is 10.9 Å². The lowest BCUT2D eigenvalue weighted by Gasteiger charge is -2.12. The molecule has 0 aliphatic carbocycles. The smallest absolute Gasteiger partial charge is 0.338 e. The number of carbonyl (C=O) groups is 3. The number of imide groups is 1. The van der Waals surface area contributed by atoms with Gasteiger partial charge in [0.25, 0.3) is 11.1 Å². The zero-order valence-corrected chi connectivity index (χ0v) is 19.3. The molecule has 0 saturated carbocycles. The third-order valence-electron chi connectivity index (χ3n) is 4.90. The maximum Gasteiger partial charge on any atom is 0.338 e. The number of esters is 1. The largest absolute Gasteiger partial charge is 0.462 e. The zero-order chi connectivity index (χ0) is 23.4. The number of furan rings is 1. The van der Waals surface area contributed by atoms with E-state index in [1.807, 2.05) is 6.92 Å². The molecule has 3 aromatic rings. The Hall–Kier alpha value is -3.29. The predicted molar refractivity (Wildman–Crippen MR) is 129 cm³/mol. The lowest BCUT2D eigenvalue weighted by Crippen LogP contribution is -2.27. The molecule has 1 fully saturated rings. The predicted octanol–water partition coefficient (Wildman–Crippen LogP) is 6.80. The van der Waals surface area contributed by atoms with E-state index in [1.54, 1.807) is 66.7 Å². The second-order valence-electron chi connectivity index (χ2n) is 7.27. The molecule has 0 N–H and O–H groups in total. The highest BCUT2D eigenvalue weighted by Crippen LogP contribution is 2.37. The molecular formula is C25H20ClNO5S. The summed E-state index contributed by atoms with van der Waals surface area (Å²) in [6.45, 7) is 2.44. The fourth-order valence-electron chi connectivity index (χ4n) is 3.18. The average Bonchev–Trinajstić information content (AvgIpc) is 3.38. The maximum atomic E-state index is 12.8. The molecule has 0 spiro atoms. The monoisotopic (exact) mass is 481 g/mol. The number of unbranched alkanes of at least 4 members (excludes halogenated alkanes) is 1. The Bertz CT molecular complexity index is 1230. The van der Waals surface area contributed by atoms with E-state index in [0.29, 0.717) is 34.4 Å². The Kier molecular flexibility index (Phi) is 7.01. The van der Waals surface area contributed by atoms with Crippen LogP contribution in [0.25, 0.3) is 17.4 Å². The summed E-state index contributed by atoms with van der Waals surface area (Å²) < 4.78 is 11.1. The number of halogens is 1. The summed E-state index contributed by atoms with van der Waals surface area (Å²) >= 11 is 6.83. The minimum absolute atomic E-state index is 0.256.